The molecule has 0 aromatic carbocycles. The van der Waals surface area contributed by atoms with Crippen LogP contribution in [-0.4, -0.2) is 24.2 Å². The van der Waals surface area contributed by atoms with Crippen LogP contribution in [0.25, 0.3) is 0 Å². The Morgan fingerprint density at radius 3 is 1.67 bits per heavy atom. The summed E-state index contributed by atoms with van der Waals surface area (Å²) in [6.07, 6.45) is 31.2. The van der Waals surface area contributed by atoms with Gasteiger partial charge in [-0.25, -0.2) is 0 Å². The van der Waals surface area contributed by atoms with E-state index in [1.807, 2.05) is 0 Å². The monoisotopic (exact) mass is 440 g/mol. The summed E-state index contributed by atoms with van der Waals surface area (Å²) < 4.78 is 6.11. The summed E-state index contributed by atoms with van der Waals surface area (Å²) >= 11 is 2.10. The SMILES string of the molecule is CCCCCCCC/C=C\CCCCCCCCOC(CC)CSCCCCCC. The van der Waals surface area contributed by atoms with Gasteiger partial charge in [0.25, 0.3) is 0 Å². The van der Waals surface area contributed by atoms with Crippen LogP contribution in [0.1, 0.15) is 143 Å². The van der Waals surface area contributed by atoms with Crippen molar-refractivity contribution in [2.45, 2.75) is 149 Å². The quantitative estimate of drug-likeness (QED) is 0.103. The molecule has 2 heteroatoms. The molecule has 0 fully saturated rings. The average molecular weight is 441 g/mol. The summed E-state index contributed by atoms with van der Waals surface area (Å²) in [7, 11) is 0. The number of thioether (sulfide) groups is 1. The minimum absolute atomic E-state index is 0.476. The minimum Gasteiger partial charge on any atom is -0.377 e. The Kier molecular flexibility index (Phi) is 27.1. The molecule has 0 aliphatic heterocycles. The molecule has 0 aliphatic carbocycles. The van der Waals surface area contributed by atoms with Gasteiger partial charge in [-0.1, -0.05) is 110 Å². The molecule has 180 valence electrons. The van der Waals surface area contributed by atoms with Gasteiger partial charge in [-0.2, -0.15) is 11.8 Å². The maximum absolute atomic E-state index is 6.11. The van der Waals surface area contributed by atoms with Crippen molar-refractivity contribution in [3.63, 3.8) is 0 Å². The molecule has 0 N–H and O–H groups in total. The Morgan fingerprint density at radius 2 is 1.10 bits per heavy atom. The molecule has 1 unspecified atom stereocenters. The molecule has 1 nitrogen and oxygen atoms in total. The summed E-state index contributed by atoms with van der Waals surface area (Å²) in [5, 5.41) is 0. The van der Waals surface area contributed by atoms with Crippen molar-refractivity contribution in [2.24, 2.45) is 0 Å². The van der Waals surface area contributed by atoms with E-state index in [2.05, 4.69) is 44.7 Å². The van der Waals surface area contributed by atoms with Gasteiger partial charge < -0.3 is 4.74 Å². The highest BCUT2D eigenvalue weighted by Crippen LogP contribution is 2.14. The first-order chi connectivity index (χ1) is 14.8. The standard InChI is InChI=1S/C28H56OS/c1-4-7-9-11-12-13-14-15-16-17-18-19-20-21-22-23-25-29-28(6-3)27-30-26-24-10-8-5-2/h15-16,28H,4-14,17-27H2,1-3H3/b16-15-. The molecular formula is C28H56OS. The lowest BCUT2D eigenvalue weighted by Gasteiger charge is -2.15. The molecule has 30 heavy (non-hydrogen) atoms. The molecule has 0 aliphatic rings. The summed E-state index contributed by atoms with van der Waals surface area (Å²) in [6, 6.07) is 0. The third-order valence-corrected chi connectivity index (χ3v) is 7.10. The van der Waals surface area contributed by atoms with E-state index in [4.69, 9.17) is 4.74 Å². The Hall–Kier alpha value is 0.0500. The molecule has 0 rings (SSSR count). The van der Waals surface area contributed by atoms with Crippen molar-refractivity contribution in [1.82, 2.24) is 0 Å². The van der Waals surface area contributed by atoms with Gasteiger partial charge in [0.15, 0.2) is 0 Å². The Bertz CT molecular complexity index is 329. The molecule has 0 radical (unpaired) electrons. The van der Waals surface area contributed by atoms with E-state index in [0.29, 0.717) is 6.10 Å². The van der Waals surface area contributed by atoms with Gasteiger partial charge in [-0.15, -0.1) is 0 Å². The third kappa shape index (κ3) is 24.3. The van der Waals surface area contributed by atoms with Gasteiger partial charge in [0, 0.05) is 12.4 Å². The highest BCUT2D eigenvalue weighted by atomic mass is 32.2. The van der Waals surface area contributed by atoms with Gasteiger partial charge >= 0.3 is 0 Å². The molecule has 1 atom stereocenters. The van der Waals surface area contributed by atoms with Crippen LogP contribution in [-0.2, 0) is 4.74 Å². The summed E-state index contributed by atoms with van der Waals surface area (Å²) in [4.78, 5) is 0. The number of hydrogen-bond acceptors (Lipinski definition) is 2. The highest BCUT2D eigenvalue weighted by Gasteiger charge is 2.06. The van der Waals surface area contributed by atoms with Crippen molar-refractivity contribution < 1.29 is 4.74 Å². The summed E-state index contributed by atoms with van der Waals surface area (Å²) in [5.74, 6) is 2.50. The van der Waals surface area contributed by atoms with Crippen LogP contribution in [0.15, 0.2) is 12.2 Å². The number of allylic oxidation sites excluding steroid dienone is 2. The molecule has 0 aromatic heterocycles. The minimum atomic E-state index is 0.476. The van der Waals surface area contributed by atoms with Gasteiger partial charge in [-0.05, 0) is 50.7 Å². The number of hydrogen-bond donors (Lipinski definition) is 0. The predicted molar refractivity (Wildman–Crippen MR) is 141 cm³/mol. The molecule has 0 amide bonds. The smallest absolute Gasteiger partial charge is 0.0662 e. The van der Waals surface area contributed by atoms with Gasteiger partial charge in [0.05, 0.1) is 6.10 Å². The van der Waals surface area contributed by atoms with E-state index < -0.39 is 0 Å². The fourth-order valence-corrected chi connectivity index (χ4v) is 4.90. The first-order valence-corrected chi connectivity index (χ1v) is 14.8. The van der Waals surface area contributed by atoms with Crippen LogP contribution in [0.4, 0.5) is 0 Å². The van der Waals surface area contributed by atoms with E-state index in [1.54, 1.807) is 0 Å². The van der Waals surface area contributed by atoms with Gasteiger partial charge in [-0.3, -0.25) is 0 Å². The first-order valence-electron chi connectivity index (χ1n) is 13.7. The fourth-order valence-electron chi connectivity index (χ4n) is 3.73. The fraction of sp³-hybridized carbons (Fsp3) is 0.929. The van der Waals surface area contributed by atoms with Crippen molar-refractivity contribution >= 4 is 11.8 Å². The largest absolute Gasteiger partial charge is 0.377 e. The number of ether oxygens (including phenoxy) is 1. The molecule has 0 saturated heterocycles. The van der Waals surface area contributed by atoms with Crippen molar-refractivity contribution in [3.8, 4) is 0 Å². The zero-order chi connectivity index (χ0) is 22.0. The van der Waals surface area contributed by atoms with E-state index in [9.17, 15) is 0 Å². The number of rotatable bonds is 25. The molecule has 0 aromatic rings. The number of unbranched alkanes of at least 4 members (excludes halogenated alkanes) is 15. The second-order valence-electron chi connectivity index (χ2n) is 8.97. The van der Waals surface area contributed by atoms with Crippen LogP contribution < -0.4 is 0 Å². The molecule has 0 saturated carbocycles. The lowest BCUT2D eigenvalue weighted by molar-refractivity contribution is 0.0639. The molecule has 0 spiro atoms. The highest BCUT2D eigenvalue weighted by molar-refractivity contribution is 7.99. The van der Waals surface area contributed by atoms with E-state index in [1.165, 1.54) is 127 Å². The molecule has 0 bridgehead atoms. The van der Waals surface area contributed by atoms with E-state index in [-0.39, 0.29) is 0 Å². The van der Waals surface area contributed by atoms with Crippen molar-refractivity contribution in [2.75, 3.05) is 18.1 Å². The van der Waals surface area contributed by atoms with E-state index in [0.717, 1.165) is 13.0 Å². The maximum Gasteiger partial charge on any atom is 0.0662 e. The maximum atomic E-state index is 6.11. The average Bonchev–Trinajstić information content (AvgIpc) is 2.76. The second kappa shape index (κ2) is 27.1. The van der Waals surface area contributed by atoms with Crippen molar-refractivity contribution in [1.29, 1.82) is 0 Å². The lowest BCUT2D eigenvalue weighted by atomic mass is 10.1. The topological polar surface area (TPSA) is 9.23 Å². The zero-order valence-electron chi connectivity index (χ0n) is 21.1. The van der Waals surface area contributed by atoms with Gasteiger partial charge in [0.2, 0.25) is 0 Å². The second-order valence-corrected chi connectivity index (χ2v) is 10.1. The Morgan fingerprint density at radius 1 is 0.600 bits per heavy atom. The van der Waals surface area contributed by atoms with Crippen LogP contribution in [0, 0.1) is 0 Å². The van der Waals surface area contributed by atoms with Crippen LogP contribution in [0.2, 0.25) is 0 Å². The van der Waals surface area contributed by atoms with Crippen molar-refractivity contribution in [3.05, 3.63) is 12.2 Å². The van der Waals surface area contributed by atoms with Crippen LogP contribution in [0.3, 0.4) is 0 Å². The zero-order valence-corrected chi connectivity index (χ0v) is 21.9. The van der Waals surface area contributed by atoms with Crippen LogP contribution in [0.5, 0.6) is 0 Å². The van der Waals surface area contributed by atoms with Crippen LogP contribution >= 0.6 is 11.8 Å². The molecular weight excluding hydrogens is 384 g/mol. The summed E-state index contributed by atoms with van der Waals surface area (Å²) in [6.45, 7) is 7.81. The third-order valence-electron chi connectivity index (χ3n) is 5.91. The Labute approximate surface area is 195 Å². The lowest BCUT2D eigenvalue weighted by Crippen LogP contribution is -2.16. The predicted octanol–water partition coefficient (Wildman–Crippen LogP) is 10.1. The van der Waals surface area contributed by atoms with Gasteiger partial charge in [0.1, 0.15) is 0 Å². The molecule has 0 heterocycles. The normalized spacial score (nSPS) is 12.8. The summed E-state index contributed by atoms with van der Waals surface area (Å²) in [5.41, 5.74) is 0. The van der Waals surface area contributed by atoms with E-state index >= 15 is 0 Å². The first kappa shape index (κ1) is 30.0. The Balaban J connectivity index is 3.27.